The molecule has 1 amide bonds. The number of nitrogens with zero attached hydrogens (tertiary/aromatic N) is 4. The standard InChI is InChI=1S/C15H14FN5O/c16-12-6-10(8-17)5-11(7-12)15(22)19-13-1-2-14-20-18-9-21(14)4-3-13/h5-7,9,13H,1-4H2,(H,19,22). The molecule has 1 atom stereocenters. The second-order valence-electron chi connectivity index (χ2n) is 5.28. The fraction of sp³-hybridized carbons (Fsp3) is 0.333. The van der Waals surface area contributed by atoms with E-state index >= 15 is 0 Å². The van der Waals surface area contributed by atoms with Crippen molar-refractivity contribution in [2.45, 2.75) is 31.8 Å². The van der Waals surface area contributed by atoms with Crippen molar-refractivity contribution in [3.8, 4) is 6.07 Å². The Labute approximate surface area is 126 Å². The lowest BCUT2D eigenvalue weighted by molar-refractivity contribution is 0.0932. The first-order valence-electron chi connectivity index (χ1n) is 7.04. The molecule has 0 spiro atoms. The molecule has 6 nitrogen and oxygen atoms in total. The zero-order valence-corrected chi connectivity index (χ0v) is 11.8. The van der Waals surface area contributed by atoms with Crippen molar-refractivity contribution >= 4 is 5.91 Å². The zero-order chi connectivity index (χ0) is 15.5. The molecular weight excluding hydrogens is 285 g/mol. The molecule has 1 aromatic heterocycles. The van der Waals surface area contributed by atoms with E-state index in [4.69, 9.17) is 5.26 Å². The normalized spacial score (nSPS) is 17.2. The van der Waals surface area contributed by atoms with Crippen molar-refractivity contribution in [3.63, 3.8) is 0 Å². The van der Waals surface area contributed by atoms with Crippen LogP contribution in [0, 0.1) is 17.1 Å². The highest BCUT2D eigenvalue weighted by atomic mass is 19.1. The maximum atomic E-state index is 13.4. The molecule has 1 aliphatic heterocycles. The number of amides is 1. The van der Waals surface area contributed by atoms with Crippen molar-refractivity contribution in [2.24, 2.45) is 0 Å². The summed E-state index contributed by atoms with van der Waals surface area (Å²) in [6.45, 7) is 0.736. The summed E-state index contributed by atoms with van der Waals surface area (Å²) in [7, 11) is 0. The van der Waals surface area contributed by atoms with Gasteiger partial charge in [-0.2, -0.15) is 5.26 Å². The summed E-state index contributed by atoms with van der Waals surface area (Å²) in [5.74, 6) is -0.0378. The molecule has 22 heavy (non-hydrogen) atoms. The van der Waals surface area contributed by atoms with Crippen molar-refractivity contribution in [2.75, 3.05) is 0 Å². The van der Waals surface area contributed by atoms with Gasteiger partial charge in [-0.3, -0.25) is 4.79 Å². The molecule has 2 aromatic rings. The van der Waals surface area contributed by atoms with Gasteiger partial charge in [0, 0.05) is 24.6 Å². The van der Waals surface area contributed by atoms with E-state index in [0.717, 1.165) is 43.8 Å². The van der Waals surface area contributed by atoms with Crippen LogP contribution >= 0.6 is 0 Å². The van der Waals surface area contributed by atoms with E-state index in [1.54, 1.807) is 6.33 Å². The van der Waals surface area contributed by atoms with Gasteiger partial charge in [0.15, 0.2) is 0 Å². The maximum Gasteiger partial charge on any atom is 0.251 e. The summed E-state index contributed by atoms with van der Waals surface area (Å²) in [5, 5.41) is 19.6. The molecule has 1 unspecified atom stereocenters. The van der Waals surface area contributed by atoms with Gasteiger partial charge in [-0.25, -0.2) is 4.39 Å². The van der Waals surface area contributed by atoms with Gasteiger partial charge in [0.05, 0.1) is 11.6 Å². The Morgan fingerprint density at radius 3 is 3.09 bits per heavy atom. The summed E-state index contributed by atoms with van der Waals surface area (Å²) < 4.78 is 15.4. The Morgan fingerprint density at radius 2 is 2.27 bits per heavy atom. The molecule has 0 bridgehead atoms. The number of benzene rings is 1. The number of nitrogens with one attached hydrogen (secondary N) is 1. The number of nitriles is 1. The van der Waals surface area contributed by atoms with Gasteiger partial charge in [0.1, 0.15) is 18.0 Å². The molecule has 0 fully saturated rings. The SMILES string of the molecule is N#Cc1cc(F)cc(C(=O)NC2CCc3nncn3CC2)c1. The third-order valence-electron chi connectivity index (χ3n) is 3.75. The van der Waals surface area contributed by atoms with E-state index in [2.05, 4.69) is 15.5 Å². The molecule has 0 saturated heterocycles. The molecule has 2 heterocycles. The van der Waals surface area contributed by atoms with Crippen molar-refractivity contribution in [1.29, 1.82) is 5.26 Å². The Kier molecular flexibility index (Phi) is 3.83. The van der Waals surface area contributed by atoms with Gasteiger partial charge in [-0.05, 0) is 31.0 Å². The van der Waals surface area contributed by atoms with Crippen LogP contribution in [0.15, 0.2) is 24.5 Å². The predicted octanol–water partition coefficient (Wildman–Crippen LogP) is 1.42. The van der Waals surface area contributed by atoms with Crippen LogP contribution < -0.4 is 5.32 Å². The fourth-order valence-electron chi connectivity index (χ4n) is 2.60. The average Bonchev–Trinajstić information content (AvgIpc) is 2.88. The number of carbonyl (C=O) groups excluding carboxylic acids is 1. The van der Waals surface area contributed by atoms with E-state index in [9.17, 15) is 9.18 Å². The molecule has 112 valence electrons. The number of hydrogen-bond donors (Lipinski definition) is 1. The molecular formula is C15H14FN5O. The van der Waals surface area contributed by atoms with Gasteiger partial charge in [-0.15, -0.1) is 10.2 Å². The van der Waals surface area contributed by atoms with E-state index in [1.807, 2.05) is 10.6 Å². The molecule has 1 N–H and O–H groups in total. The number of fused-ring (bicyclic) bond motifs is 1. The molecule has 0 aliphatic carbocycles. The number of hydrogen-bond acceptors (Lipinski definition) is 4. The first-order chi connectivity index (χ1) is 10.7. The van der Waals surface area contributed by atoms with Crippen LogP contribution in [0.2, 0.25) is 0 Å². The lowest BCUT2D eigenvalue weighted by Gasteiger charge is -2.16. The Morgan fingerprint density at radius 1 is 1.41 bits per heavy atom. The van der Waals surface area contributed by atoms with Gasteiger partial charge in [0.2, 0.25) is 0 Å². The molecule has 7 heteroatoms. The van der Waals surface area contributed by atoms with Crippen molar-refractivity contribution in [3.05, 3.63) is 47.3 Å². The smallest absolute Gasteiger partial charge is 0.251 e. The quantitative estimate of drug-likeness (QED) is 0.909. The number of rotatable bonds is 2. The van der Waals surface area contributed by atoms with E-state index in [1.165, 1.54) is 6.07 Å². The summed E-state index contributed by atoms with van der Waals surface area (Å²) in [6, 6.07) is 5.47. The van der Waals surface area contributed by atoms with Crippen molar-refractivity contribution < 1.29 is 9.18 Å². The van der Waals surface area contributed by atoms with Crippen LogP contribution in [0.5, 0.6) is 0 Å². The maximum absolute atomic E-state index is 13.4. The lowest BCUT2D eigenvalue weighted by atomic mass is 10.1. The third kappa shape index (κ3) is 2.96. The first-order valence-corrected chi connectivity index (χ1v) is 7.04. The zero-order valence-electron chi connectivity index (χ0n) is 11.8. The van der Waals surface area contributed by atoms with Crippen LogP contribution in [0.4, 0.5) is 4.39 Å². The fourth-order valence-corrected chi connectivity index (χ4v) is 2.60. The Bertz CT molecular complexity index is 726. The topological polar surface area (TPSA) is 83.6 Å². The molecule has 0 saturated carbocycles. The highest BCUT2D eigenvalue weighted by Crippen LogP contribution is 2.14. The number of aryl methyl sites for hydroxylation is 2. The molecule has 3 rings (SSSR count). The number of aromatic nitrogens is 3. The van der Waals surface area contributed by atoms with Crippen LogP contribution in [-0.4, -0.2) is 26.7 Å². The van der Waals surface area contributed by atoms with Gasteiger partial charge in [-0.1, -0.05) is 0 Å². The Hall–Kier alpha value is -2.75. The summed E-state index contributed by atoms with van der Waals surface area (Å²) in [5.41, 5.74) is 0.303. The predicted molar refractivity (Wildman–Crippen MR) is 75.3 cm³/mol. The largest absolute Gasteiger partial charge is 0.349 e. The van der Waals surface area contributed by atoms with E-state index in [0.29, 0.717) is 0 Å². The van der Waals surface area contributed by atoms with Gasteiger partial charge < -0.3 is 9.88 Å². The molecule has 0 radical (unpaired) electrons. The first kappa shape index (κ1) is 14.2. The summed E-state index contributed by atoms with van der Waals surface area (Å²) >= 11 is 0. The minimum Gasteiger partial charge on any atom is -0.349 e. The minimum absolute atomic E-state index is 0.0111. The lowest BCUT2D eigenvalue weighted by Crippen LogP contribution is -2.35. The average molecular weight is 299 g/mol. The van der Waals surface area contributed by atoms with Crippen LogP contribution in [0.1, 0.15) is 34.6 Å². The monoisotopic (exact) mass is 299 g/mol. The molecule has 1 aromatic carbocycles. The van der Waals surface area contributed by atoms with Crippen LogP contribution in [0.25, 0.3) is 0 Å². The van der Waals surface area contributed by atoms with Crippen LogP contribution in [-0.2, 0) is 13.0 Å². The third-order valence-corrected chi connectivity index (χ3v) is 3.75. The van der Waals surface area contributed by atoms with Gasteiger partial charge in [0.25, 0.3) is 5.91 Å². The Balaban J connectivity index is 1.69. The summed E-state index contributed by atoms with van der Waals surface area (Å²) in [4.78, 5) is 12.2. The minimum atomic E-state index is -0.587. The second kappa shape index (κ2) is 5.93. The van der Waals surface area contributed by atoms with Crippen molar-refractivity contribution in [1.82, 2.24) is 20.1 Å². The number of carbonyl (C=O) groups is 1. The second-order valence-corrected chi connectivity index (χ2v) is 5.28. The van der Waals surface area contributed by atoms with E-state index in [-0.39, 0.29) is 23.1 Å². The highest BCUT2D eigenvalue weighted by Gasteiger charge is 2.19. The van der Waals surface area contributed by atoms with Crippen LogP contribution in [0.3, 0.4) is 0 Å². The number of halogens is 1. The van der Waals surface area contributed by atoms with Gasteiger partial charge >= 0.3 is 0 Å². The molecule has 1 aliphatic rings. The highest BCUT2D eigenvalue weighted by molar-refractivity contribution is 5.94. The van der Waals surface area contributed by atoms with E-state index < -0.39 is 5.82 Å². The summed E-state index contributed by atoms with van der Waals surface area (Å²) in [6.07, 6.45) is 3.94.